The van der Waals surface area contributed by atoms with Crippen LogP contribution in [-0.4, -0.2) is 36.7 Å². The average Bonchev–Trinajstić information content (AvgIpc) is 2.40. The number of aromatic nitrogens is 1. The molecule has 0 saturated carbocycles. The minimum atomic E-state index is 0.496. The van der Waals surface area contributed by atoms with Gasteiger partial charge >= 0.3 is 0 Å². The third kappa shape index (κ3) is 4.69. The first kappa shape index (κ1) is 16.3. The molecule has 1 aromatic heterocycles. The molecule has 1 N–H and O–H groups in total. The number of nitrogens with one attached hydrogen (secondary N) is 1. The Morgan fingerprint density at radius 3 is 2.74 bits per heavy atom. The first-order valence-electron chi connectivity index (χ1n) is 6.85. The van der Waals surface area contributed by atoms with Crippen molar-refractivity contribution in [2.45, 2.75) is 39.7 Å². The second-order valence-electron chi connectivity index (χ2n) is 4.79. The van der Waals surface area contributed by atoms with Crippen molar-refractivity contribution >= 4 is 11.8 Å². The van der Waals surface area contributed by atoms with Crippen LogP contribution in [0.1, 0.15) is 30.2 Å². The van der Waals surface area contributed by atoms with Crippen LogP contribution < -0.4 is 10.1 Å². The Morgan fingerprint density at radius 1 is 1.42 bits per heavy atom. The van der Waals surface area contributed by atoms with Crippen LogP contribution in [0.3, 0.4) is 0 Å². The van der Waals surface area contributed by atoms with Gasteiger partial charge in [0, 0.05) is 35.5 Å². The molecule has 108 valence electrons. The number of methoxy groups -OCH3 is 1. The number of ether oxygens (including phenoxy) is 1. The van der Waals surface area contributed by atoms with E-state index in [0.29, 0.717) is 6.04 Å². The van der Waals surface area contributed by atoms with E-state index >= 15 is 0 Å². The van der Waals surface area contributed by atoms with Gasteiger partial charge in [0.05, 0.1) is 7.11 Å². The van der Waals surface area contributed by atoms with Crippen molar-refractivity contribution in [3.05, 3.63) is 23.0 Å². The highest BCUT2D eigenvalue weighted by Crippen LogP contribution is 2.25. The van der Waals surface area contributed by atoms with Gasteiger partial charge in [0.25, 0.3) is 0 Å². The van der Waals surface area contributed by atoms with E-state index in [1.54, 1.807) is 7.11 Å². The van der Waals surface area contributed by atoms with Crippen molar-refractivity contribution < 1.29 is 4.74 Å². The summed E-state index contributed by atoms with van der Waals surface area (Å²) in [6.07, 6.45) is 6.21. The van der Waals surface area contributed by atoms with Crippen molar-refractivity contribution in [3.8, 4) is 5.75 Å². The smallest absolute Gasteiger partial charge is 0.128 e. The molecule has 0 fully saturated rings. The van der Waals surface area contributed by atoms with Crippen LogP contribution in [0.4, 0.5) is 0 Å². The molecule has 4 heteroatoms. The number of pyridine rings is 1. The number of thioether (sulfide) groups is 1. The summed E-state index contributed by atoms with van der Waals surface area (Å²) in [6, 6.07) is 0.496. The van der Waals surface area contributed by atoms with Gasteiger partial charge in [-0.3, -0.25) is 4.98 Å². The fourth-order valence-corrected chi connectivity index (χ4v) is 2.86. The molecule has 3 nitrogen and oxygen atoms in total. The number of aryl methyl sites for hydroxylation is 1. The van der Waals surface area contributed by atoms with Crippen LogP contribution in [0.15, 0.2) is 6.20 Å². The van der Waals surface area contributed by atoms with Gasteiger partial charge in [-0.15, -0.1) is 0 Å². The van der Waals surface area contributed by atoms with Gasteiger partial charge in [-0.25, -0.2) is 0 Å². The molecular weight excluding hydrogens is 256 g/mol. The normalized spacial score (nSPS) is 12.5. The quantitative estimate of drug-likeness (QED) is 0.795. The molecule has 0 saturated heterocycles. The summed E-state index contributed by atoms with van der Waals surface area (Å²) in [6.45, 7) is 7.30. The second kappa shape index (κ2) is 8.43. The predicted octanol–water partition coefficient (Wildman–Crippen LogP) is 2.98. The number of hydrogen-bond donors (Lipinski definition) is 1. The van der Waals surface area contributed by atoms with E-state index in [0.717, 1.165) is 30.0 Å². The molecule has 0 spiro atoms. The molecular formula is C15H26N2OS. The molecule has 0 aromatic carbocycles. The summed E-state index contributed by atoms with van der Waals surface area (Å²) < 4.78 is 5.47. The Kier molecular flexibility index (Phi) is 7.24. The van der Waals surface area contributed by atoms with E-state index in [-0.39, 0.29) is 0 Å². The summed E-state index contributed by atoms with van der Waals surface area (Å²) in [5, 5.41) is 3.55. The number of rotatable bonds is 8. The largest absolute Gasteiger partial charge is 0.496 e. The lowest BCUT2D eigenvalue weighted by atomic mass is 10.0. The first-order valence-corrected chi connectivity index (χ1v) is 8.24. The Hall–Kier alpha value is -0.740. The Bertz CT molecular complexity index is 396. The fourth-order valence-electron chi connectivity index (χ4n) is 2.34. The van der Waals surface area contributed by atoms with Crippen molar-refractivity contribution in [3.63, 3.8) is 0 Å². The van der Waals surface area contributed by atoms with Crippen LogP contribution >= 0.6 is 11.8 Å². The Morgan fingerprint density at radius 2 is 2.16 bits per heavy atom. The van der Waals surface area contributed by atoms with Crippen molar-refractivity contribution in [2.24, 2.45) is 0 Å². The predicted molar refractivity (Wildman–Crippen MR) is 84.4 cm³/mol. The molecule has 0 aliphatic rings. The molecule has 0 amide bonds. The number of nitrogens with zero attached hydrogens (tertiary/aromatic N) is 1. The maximum absolute atomic E-state index is 5.47. The number of likely N-dealkylation sites (N-methyl/N-ethyl adjacent to an activating group) is 1. The third-order valence-electron chi connectivity index (χ3n) is 3.35. The molecule has 1 aromatic rings. The van der Waals surface area contributed by atoms with Gasteiger partial charge < -0.3 is 10.1 Å². The van der Waals surface area contributed by atoms with Crippen LogP contribution in [0.5, 0.6) is 5.75 Å². The van der Waals surface area contributed by atoms with E-state index in [1.807, 2.05) is 24.9 Å². The van der Waals surface area contributed by atoms with E-state index in [2.05, 4.69) is 30.4 Å². The highest BCUT2D eigenvalue weighted by molar-refractivity contribution is 7.98. The van der Waals surface area contributed by atoms with Crippen molar-refractivity contribution in [1.82, 2.24) is 10.3 Å². The molecule has 1 rings (SSSR count). The first-order chi connectivity index (χ1) is 9.13. The van der Waals surface area contributed by atoms with Gasteiger partial charge in [0.2, 0.25) is 0 Å². The van der Waals surface area contributed by atoms with Gasteiger partial charge in [-0.05, 0) is 38.8 Å². The van der Waals surface area contributed by atoms with E-state index in [4.69, 9.17) is 4.74 Å². The fraction of sp³-hybridized carbons (Fsp3) is 0.667. The summed E-state index contributed by atoms with van der Waals surface area (Å²) in [7, 11) is 1.73. The lowest BCUT2D eigenvalue weighted by Gasteiger charge is -2.19. The zero-order valence-electron chi connectivity index (χ0n) is 12.7. The second-order valence-corrected chi connectivity index (χ2v) is 5.77. The van der Waals surface area contributed by atoms with E-state index in [1.165, 1.54) is 17.7 Å². The minimum absolute atomic E-state index is 0.496. The summed E-state index contributed by atoms with van der Waals surface area (Å²) in [5.41, 5.74) is 3.43. The Labute approximate surface area is 121 Å². The molecule has 19 heavy (non-hydrogen) atoms. The zero-order valence-corrected chi connectivity index (χ0v) is 13.6. The van der Waals surface area contributed by atoms with Crippen molar-refractivity contribution in [1.29, 1.82) is 0 Å². The van der Waals surface area contributed by atoms with Gasteiger partial charge in [-0.2, -0.15) is 11.8 Å². The zero-order chi connectivity index (χ0) is 14.3. The van der Waals surface area contributed by atoms with Crippen LogP contribution in [-0.2, 0) is 6.42 Å². The molecule has 1 heterocycles. The van der Waals surface area contributed by atoms with Crippen LogP contribution in [0.25, 0.3) is 0 Å². The van der Waals surface area contributed by atoms with Gasteiger partial charge in [0.1, 0.15) is 5.75 Å². The lowest BCUT2D eigenvalue weighted by Crippen LogP contribution is -2.32. The summed E-state index contributed by atoms with van der Waals surface area (Å²) in [5.74, 6) is 2.16. The van der Waals surface area contributed by atoms with Gasteiger partial charge in [0.15, 0.2) is 0 Å². The van der Waals surface area contributed by atoms with E-state index < -0.39 is 0 Å². The molecule has 0 bridgehead atoms. The molecule has 1 unspecified atom stereocenters. The summed E-state index contributed by atoms with van der Waals surface area (Å²) in [4.78, 5) is 4.59. The van der Waals surface area contributed by atoms with Crippen molar-refractivity contribution in [2.75, 3.05) is 25.7 Å². The maximum atomic E-state index is 5.47. The van der Waals surface area contributed by atoms with Crippen LogP contribution in [0, 0.1) is 13.8 Å². The summed E-state index contributed by atoms with van der Waals surface area (Å²) >= 11 is 1.90. The SMILES string of the molecule is CCNC(CCSC)Cc1ncc(C)c(OC)c1C. The lowest BCUT2D eigenvalue weighted by molar-refractivity contribution is 0.405. The standard InChI is InChI=1S/C15H26N2OS/c1-6-16-13(7-8-19-5)9-14-12(3)15(18-4)11(2)10-17-14/h10,13,16H,6-9H2,1-5H3. The van der Waals surface area contributed by atoms with Gasteiger partial charge in [-0.1, -0.05) is 6.92 Å². The topological polar surface area (TPSA) is 34.2 Å². The van der Waals surface area contributed by atoms with E-state index in [9.17, 15) is 0 Å². The minimum Gasteiger partial charge on any atom is -0.496 e. The third-order valence-corrected chi connectivity index (χ3v) is 4.00. The maximum Gasteiger partial charge on any atom is 0.128 e. The molecule has 0 aliphatic carbocycles. The Balaban J connectivity index is 2.83. The highest BCUT2D eigenvalue weighted by atomic mass is 32.2. The highest BCUT2D eigenvalue weighted by Gasteiger charge is 2.14. The number of hydrogen-bond acceptors (Lipinski definition) is 4. The van der Waals surface area contributed by atoms with Crippen LogP contribution in [0.2, 0.25) is 0 Å². The monoisotopic (exact) mass is 282 g/mol. The average molecular weight is 282 g/mol. The molecule has 1 atom stereocenters. The molecule has 0 aliphatic heterocycles. The molecule has 0 radical (unpaired) electrons.